The fraction of sp³-hybridized carbons (Fsp3) is 0.381. The van der Waals surface area contributed by atoms with Crippen LogP contribution in [0.1, 0.15) is 5.56 Å². The van der Waals surface area contributed by atoms with Gasteiger partial charge >= 0.3 is 0 Å². The van der Waals surface area contributed by atoms with Crippen LogP contribution in [0.3, 0.4) is 0 Å². The van der Waals surface area contributed by atoms with Gasteiger partial charge in [-0.15, -0.1) is 0 Å². The zero-order valence-corrected chi connectivity index (χ0v) is 17.2. The van der Waals surface area contributed by atoms with E-state index in [0.717, 1.165) is 67.0 Å². The predicted molar refractivity (Wildman–Crippen MR) is 116 cm³/mol. The number of piperazine rings is 1. The number of anilines is 1. The molecule has 2 aromatic rings. The van der Waals surface area contributed by atoms with Crippen LogP contribution in [-0.2, 0) is 6.42 Å². The standard InChI is InChI=1S/C21H27N3O3S/c1-26-19-8-7-16(15-20(19)27-2)9-10-22-21(28)24-13-11-23(12-14-24)17-5-3-4-6-18(17)25/h3-8,15,25H,9-14H2,1-2H3,(H,22,28). The molecule has 1 aliphatic heterocycles. The van der Waals surface area contributed by atoms with E-state index in [1.165, 1.54) is 0 Å². The molecule has 0 unspecified atom stereocenters. The number of nitrogens with zero attached hydrogens (tertiary/aromatic N) is 2. The Labute approximate surface area is 171 Å². The van der Waals surface area contributed by atoms with Crippen LogP contribution in [-0.4, -0.2) is 62.1 Å². The number of methoxy groups -OCH3 is 2. The van der Waals surface area contributed by atoms with Gasteiger partial charge in [-0.2, -0.15) is 0 Å². The van der Waals surface area contributed by atoms with Crippen LogP contribution in [0.4, 0.5) is 5.69 Å². The number of para-hydroxylation sites is 2. The highest BCUT2D eigenvalue weighted by molar-refractivity contribution is 7.80. The van der Waals surface area contributed by atoms with Gasteiger partial charge in [-0.3, -0.25) is 0 Å². The molecule has 0 amide bonds. The summed E-state index contributed by atoms with van der Waals surface area (Å²) >= 11 is 5.56. The smallest absolute Gasteiger partial charge is 0.169 e. The third kappa shape index (κ3) is 4.78. The summed E-state index contributed by atoms with van der Waals surface area (Å²) < 4.78 is 10.6. The van der Waals surface area contributed by atoms with Gasteiger partial charge in [0.15, 0.2) is 16.6 Å². The highest BCUT2D eigenvalue weighted by Crippen LogP contribution is 2.28. The number of aromatic hydroxyl groups is 1. The second-order valence-electron chi connectivity index (χ2n) is 6.63. The van der Waals surface area contributed by atoms with Crippen molar-refractivity contribution in [2.45, 2.75) is 6.42 Å². The van der Waals surface area contributed by atoms with E-state index in [-0.39, 0.29) is 0 Å². The molecule has 1 aliphatic rings. The number of hydrogen-bond donors (Lipinski definition) is 2. The SMILES string of the molecule is COc1ccc(CCNC(=S)N2CCN(c3ccccc3O)CC2)cc1OC. The summed E-state index contributed by atoms with van der Waals surface area (Å²) in [5.74, 6) is 1.80. The van der Waals surface area contributed by atoms with Crippen LogP contribution in [0.2, 0.25) is 0 Å². The monoisotopic (exact) mass is 401 g/mol. The molecule has 2 aromatic carbocycles. The van der Waals surface area contributed by atoms with E-state index in [4.69, 9.17) is 21.7 Å². The van der Waals surface area contributed by atoms with Crippen molar-refractivity contribution in [2.75, 3.05) is 51.8 Å². The molecule has 6 nitrogen and oxygen atoms in total. The quantitative estimate of drug-likeness (QED) is 0.722. The van der Waals surface area contributed by atoms with Crippen molar-refractivity contribution in [2.24, 2.45) is 0 Å². The van der Waals surface area contributed by atoms with Crippen LogP contribution in [0.25, 0.3) is 0 Å². The van der Waals surface area contributed by atoms with Crippen LogP contribution >= 0.6 is 12.2 Å². The first-order valence-electron chi connectivity index (χ1n) is 9.39. The maximum Gasteiger partial charge on any atom is 0.169 e. The van der Waals surface area contributed by atoms with E-state index >= 15 is 0 Å². The number of phenolic OH excluding ortho intramolecular Hbond substituents is 1. The molecule has 0 aromatic heterocycles. The molecule has 0 aliphatic carbocycles. The Morgan fingerprint density at radius 1 is 1.04 bits per heavy atom. The minimum Gasteiger partial charge on any atom is -0.506 e. The number of ether oxygens (including phenoxy) is 2. The summed E-state index contributed by atoms with van der Waals surface area (Å²) in [6.07, 6.45) is 0.846. The van der Waals surface area contributed by atoms with Crippen molar-refractivity contribution in [3.63, 3.8) is 0 Å². The molecule has 1 saturated heterocycles. The molecule has 150 valence electrons. The fourth-order valence-corrected chi connectivity index (χ4v) is 3.63. The van der Waals surface area contributed by atoms with Gasteiger partial charge in [0.1, 0.15) is 5.75 Å². The minimum absolute atomic E-state index is 0.326. The lowest BCUT2D eigenvalue weighted by Gasteiger charge is -2.37. The molecule has 1 fully saturated rings. The highest BCUT2D eigenvalue weighted by atomic mass is 32.1. The van der Waals surface area contributed by atoms with Gasteiger partial charge < -0.3 is 29.7 Å². The van der Waals surface area contributed by atoms with E-state index in [9.17, 15) is 5.11 Å². The lowest BCUT2D eigenvalue weighted by atomic mass is 10.1. The summed E-state index contributed by atoms with van der Waals surface area (Å²) in [6, 6.07) is 13.4. The van der Waals surface area contributed by atoms with Crippen molar-refractivity contribution in [3.05, 3.63) is 48.0 Å². The number of phenols is 1. The Kier molecular flexibility index (Phi) is 6.81. The van der Waals surface area contributed by atoms with E-state index < -0.39 is 0 Å². The first kappa shape index (κ1) is 20.1. The molecule has 7 heteroatoms. The zero-order valence-electron chi connectivity index (χ0n) is 16.4. The first-order chi connectivity index (χ1) is 13.6. The van der Waals surface area contributed by atoms with Crippen molar-refractivity contribution in [1.29, 1.82) is 0 Å². The normalized spacial score (nSPS) is 13.9. The van der Waals surface area contributed by atoms with Gasteiger partial charge in [0.2, 0.25) is 0 Å². The summed E-state index contributed by atoms with van der Waals surface area (Å²) in [7, 11) is 3.28. The van der Waals surface area contributed by atoms with Gasteiger partial charge in [0, 0.05) is 32.7 Å². The average Bonchev–Trinajstić information content (AvgIpc) is 2.74. The molecular weight excluding hydrogens is 374 g/mol. The second kappa shape index (κ2) is 9.50. The summed E-state index contributed by atoms with van der Waals surface area (Å²) in [4.78, 5) is 4.37. The van der Waals surface area contributed by atoms with Gasteiger partial charge in [-0.25, -0.2) is 0 Å². The average molecular weight is 402 g/mol. The maximum absolute atomic E-state index is 10.0. The molecular formula is C21H27N3O3S. The number of thiocarbonyl (C=S) groups is 1. The van der Waals surface area contributed by atoms with Crippen LogP contribution < -0.4 is 19.7 Å². The van der Waals surface area contributed by atoms with Crippen molar-refractivity contribution < 1.29 is 14.6 Å². The molecule has 28 heavy (non-hydrogen) atoms. The second-order valence-corrected chi connectivity index (χ2v) is 7.02. The molecule has 0 bridgehead atoms. The third-order valence-electron chi connectivity index (χ3n) is 4.93. The summed E-state index contributed by atoms with van der Waals surface area (Å²) in [5.41, 5.74) is 2.05. The maximum atomic E-state index is 10.0. The largest absolute Gasteiger partial charge is 0.506 e. The number of benzene rings is 2. The highest BCUT2D eigenvalue weighted by Gasteiger charge is 2.20. The Morgan fingerprint density at radius 2 is 1.75 bits per heavy atom. The summed E-state index contributed by atoms with van der Waals surface area (Å²) in [5, 5.41) is 14.1. The Bertz CT molecular complexity index is 807. The van der Waals surface area contributed by atoms with Crippen LogP contribution in [0.5, 0.6) is 17.2 Å². The van der Waals surface area contributed by atoms with Crippen molar-refractivity contribution >= 4 is 23.0 Å². The third-order valence-corrected chi connectivity index (χ3v) is 5.33. The predicted octanol–water partition coefficient (Wildman–Crippen LogP) is 2.65. The molecule has 2 N–H and O–H groups in total. The Morgan fingerprint density at radius 3 is 2.43 bits per heavy atom. The van der Waals surface area contributed by atoms with Crippen LogP contribution in [0.15, 0.2) is 42.5 Å². The minimum atomic E-state index is 0.326. The van der Waals surface area contributed by atoms with E-state index in [1.807, 2.05) is 36.4 Å². The molecule has 0 saturated carbocycles. The van der Waals surface area contributed by atoms with E-state index in [0.29, 0.717) is 5.75 Å². The molecule has 3 rings (SSSR count). The topological polar surface area (TPSA) is 57.2 Å². The number of hydrogen-bond acceptors (Lipinski definition) is 5. The van der Waals surface area contributed by atoms with Crippen molar-refractivity contribution in [1.82, 2.24) is 10.2 Å². The van der Waals surface area contributed by atoms with Gasteiger partial charge in [0.25, 0.3) is 0 Å². The molecule has 0 radical (unpaired) electrons. The Balaban J connectivity index is 1.46. The van der Waals surface area contributed by atoms with Gasteiger partial charge in [-0.05, 0) is 48.5 Å². The van der Waals surface area contributed by atoms with Crippen LogP contribution in [0, 0.1) is 0 Å². The summed E-state index contributed by atoms with van der Waals surface area (Å²) in [6.45, 7) is 4.07. The fourth-order valence-electron chi connectivity index (χ4n) is 3.34. The Hall–Kier alpha value is -2.67. The zero-order chi connectivity index (χ0) is 19.9. The van der Waals surface area contributed by atoms with Gasteiger partial charge in [-0.1, -0.05) is 18.2 Å². The van der Waals surface area contributed by atoms with E-state index in [1.54, 1.807) is 20.3 Å². The molecule has 0 spiro atoms. The lowest BCUT2D eigenvalue weighted by Crippen LogP contribution is -2.52. The number of rotatable bonds is 6. The molecule has 1 heterocycles. The van der Waals surface area contributed by atoms with Gasteiger partial charge in [0.05, 0.1) is 19.9 Å². The lowest BCUT2D eigenvalue weighted by molar-refractivity contribution is 0.354. The first-order valence-corrected chi connectivity index (χ1v) is 9.80. The number of nitrogens with one attached hydrogen (secondary N) is 1. The molecule has 0 atom stereocenters. The van der Waals surface area contributed by atoms with E-state index in [2.05, 4.69) is 15.1 Å². The van der Waals surface area contributed by atoms with Crippen molar-refractivity contribution in [3.8, 4) is 17.2 Å².